The summed E-state index contributed by atoms with van der Waals surface area (Å²) in [4.78, 5) is 17.2. The molecular formula is C27H35F2N5O3S. The Balaban J connectivity index is 1.62. The molecule has 11 heteroatoms. The van der Waals surface area contributed by atoms with Crippen LogP contribution >= 0.6 is 12.0 Å². The van der Waals surface area contributed by atoms with Gasteiger partial charge in [-0.05, 0) is 47.3 Å². The number of allylic oxidation sites excluding steroid dienone is 1. The molecule has 0 aliphatic carbocycles. The van der Waals surface area contributed by atoms with Gasteiger partial charge in [-0.15, -0.1) is 0 Å². The lowest BCUT2D eigenvalue weighted by Gasteiger charge is -2.36. The molecule has 0 atom stereocenters. The fourth-order valence-electron chi connectivity index (χ4n) is 3.61. The molecule has 0 radical (unpaired) electrons. The monoisotopic (exact) mass is 547 g/mol. The number of hydrogen-bond acceptors (Lipinski definition) is 8. The molecule has 206 valence electrons. The Hall–Kier alpha value is -3.15. The van der Waals surface area contributed by atoms with Crippen molar-refractivity contribution in [3.05, 3.63) is 71.1 Å². The first kappa shape index (κ1) is 29.4. The molecule has 1 aliphatic rings. The molecule has 0 saturated carbocycles. The number of nitrogen functional groups attached to an aromatic ring is 1. The van der Waals surface area contributed by atoms with E-state index < -0.39 is 17.5 Å². The van der Waals surface area contributed by atoms with Gasteiger partial charge in [0.15, 0.2) is 0 Å². The Labute approximate surface area is 226 Å². The number of hydrogen-bond donors (Lipinski definition) is 3. The standard InChI is InChI=1S/C27H35F2N5O3S/c1-27(2,3)17-36-25(26(35)32-23-13-20(28)12-21(29)14-23)24(15-30)34-10-8-33(9-11-34)18-37-38-16-19-4-6-22(31)7-5-19/h4-7,12-15,30H,8-11,16-18,31H2,1-3H3,(H,32,35)/b25-24-,30-15?. The molecule has 1 saturated heterocycles. The van der Waals surface area contributed by atoms with Crippen LogP contribution in [-0.4, -0.2) is 61.4 Å². The van der Waals surface area contributed by atoms with Gasteiger partial charge in [0.1, 0.15) is 24.1 Å². The number of anilines is 2. The Morgan fingerprint density at radius 2 is 1.74 bits per heavy atom. The third-order valence-electron chi connectivity index (χ3n) is 5.58. The van der Waals surface area contributed by atoms with Gasteiger partial charge in [0.05, 0.1) is 6.61 Å². The summed E-state index contributed by atoms with van der Waals surface area (Å²) in [5, 5.41) is 10.5. The molecule has 8 nitrogen and oxygen atoms in total. The summed E-state index contributed by atoms with van der Waals surface area (Å²) in [6, 6.07) is 10.4. The molecule has 2 aromatic carbocycles. The number of benzene rings is 2. The zero-order valence-corrected chi connectivity index (χ0v) is 22.7. The summed E-state index contributed by atoms with van der Waals surface area (Å²) in [5.41, 5.74) is 7.57. The third kappa shape index (κ3) is 9.30. The second-order valence-electron chi connectivity index (χ2n) is 10.2. The average molecular weight is 548 g/mol. The average Bonchev–Trinajstić information content (AvgIpc) is 2.84. The maximum Gasteiger partial charge on any atom is 0.293 e. The van der Waals surface area contributed by atoms with Gasteiger partial charge >= 0.3 is 0 Å². The lowest BCUT2D eigenvalue weighted by molar-refractivity contribution is -0.116. The highest BCUT2D eigenvalue weighted by Crippen LogP contribution is 2.22. The van der Waals surface area contributed by atoms with E-state index in [0.29, 0.717) is 44.4 Å². The van der Waals surface area contributed by atoms with Crippen LogP contribution in [-0.2, 0) is 19.5 Å². The first-order valence-electron chi connectivity index (χ1n) is 12.3. The minimum atomic E-state index is -0.807. The molecular weight excluding hydrogens is 512 g/mol. The van der Waals surface area contributed by atoms with Gasteiger partial charge in [-0.1, -0.05) is 32.9 Å². The SMILES string of the molecule is CC(C)(C)CO/C(C(=O)Nc1cc(F)cc(F)c1)=C(/C=N)N1CCN(COSCc2ccc(N)cc2)CC1. The number of nitrogens with one attached hydrogen (secondary N) is 2. The second kappa shape index (κ2) is 13.6. The van der Waals surface area contributed by atoms with Crippen molar-refractivity contribution in [3.63, 3.8) is 0 Å². The minimum Gasteiger partial charge on any atom is -0.486 e. The predicted octanol–water partition coefficient (Wildman–Crippen LogP) is 4.85. The van der Waals surface area contributed by atoms with E-state index in [1.54, 1.807) is 0 Å². The Kier molecular flexibility index (Phi) is 10.5. The van der Waals surface area contributed by atoms with E-state index >= 15 is 0 Å². The normalized spacial score (nSPS) is 15.1. The van der Waals surface area contributed by atoms with Gasteiger partial charge < -0.3 is 26.1 Å². The van der Waals surface area contributed by atoms with Crippen molar-refractivity contribution in [3.8, 4) is 0 Å². The number of piperazine rings is 1. The summed E-state index contributed by atoms with van der Waals surface area (Å²) in [6.45, 7) is 8.92. The lowest BCUT2D eigenvalue weighted by atomic mass is 9.99. The van der Waals surface area contributed by atoms with Crippen LogP contribution in [0.5, 0.6) is 0 Å². The van der Waals surface area contributed by atoms with Crippen LogP contribution in [0.1, 0.15) is 26.3 Å². The quantitative estimate of drug-likeness (QED) is 0.0923. The van der Waals surface area contributed by atoms with Gasteiger partial charge in [-0.3, -0.25) is 13.9 Å². The van der Waals surface area contributed by atoms with Crippen molar-refractivity contribution in [2.24, 2.45) is 5.41 Å². The summed E-state index contributed by atoms with van der Waals surface area (Å²) in [6.07, 6.45) is 1.08. The van der Waals surface area contributed by atoms with Crippen LogP contribution in [0.4, 0.5) is 20.2 Å². The number of rotatable bonds is 11. The lowest BCUT2D eigenvalue weighted by Crippen LogP contribution is -2.47. The molecule has 0 aromatic heterocycles. The van der Waals surface area contributed by atoms with Crippen LogP contribution in [0.15, 0.2) is 53.9 Å². The number of halogens is 2. The molecule has 1 amide bonds. The molecule has 4 N–H and O–H groups in total. The second-order valence-corrected chi connectivity index (χ2v) is 10.9. The molecule has 3 rings (SSSR count). The van der Waals surface area contributed by atoms with Crippen molar-refractivity contribution in [2.45, 2.75) is 26.5 Å². The fraction of sp³-hybridized carbons (Fsp3) is 0.407. The Morgan fingerprint density at radius 3 is 2.32 bits per heavy atom. The first-order valence-corrected chi connectivity index (χ1v) is 13.2. The zero-order valence-electron chi connectivity index (χ0n) is 21.9. The van der Waals surface area contributed by atoms with Crippen molar-refractivity contribution in [2.75, 3.05) is 50.6 Å². The first-order chi connectivity index (χ1) is 18.0. The fourth-order valence-corrected chi connectivity index (χ4v) is 4.25. The Bertz CT molecular complexity index is 1110. The Morgan fingerprint density at radius 1 is 1.11 bits per heavy atom. The molecule has 1 aliphatic heterocycles. The number of nitrogens with zero attached hydrogens (tertiary/aromatic N) is 2. The summed E-state index contributed by atoms with van der Waals surface area (Å²) in [5.74, 6) is -1.65. The van der Waals surface area contributed by atoms with Gasteiger partial charge in [-0.2, -0.15) is 0 Å². The smallest absolute Gasteiger partial charge is 0.293 e. The van der Waals surface area contributed by atoms with Crippen LogP contribution in [0, 0.1) is 22.5 Å². The van der Waals surface area contributed by atoms with Gasteiger partial charge in [0, 0.05) is 55.6 Å². The van der Waals surface area contributed by atoms with Gasteiger partial charge in [0.25, 0.3) is 5.91 Å². The van der Waals surface area contributed by atoms with Crippen molar-refractivity contribution < 1.29 is 22.5 Å². The summed E-state index contributed by atoms with van der Waals surface area (Å²) < 4.78 is 39.0. The highest BCUT2D eigenvalue weighted by Gasteiger charge is 2.26. The van der Waals surface area contributed by atoms with E-state index in [4.69, 9.17) is 20.1 Å². The number of amides is 1. The molecule has 1 heterocycles. The number of nitrogens with two attached hydrogens (primary N) is 1. The van der Waals surface area contributed by atoms with Gasteiger partial charge in [-0.25, -0.2) is 8.78 Å². The van der Waals surface area contributed by atoms with Crippen molar-refractivity contribution in [1.29, 1.82) is 5.41 Å². The van der Waals surface area contributed by atoms with Crippen molar-refractivity contribution in [1.82, 2.24) is 9.80 Å². The molecule has 2 aromatic rings. The highest BCUT2D eigenvalue weighted by molar-refractivity contribution is 7.93. The van der Waals surface area contributed by atoms with E-state index in [1.165, 1.54) is 12.0 Å². The van der Waals surface area contributed by atoms with Crippen molar-refractivity contribution >= 4 is 35.5 Å². The van der Waals surface area contributed by atoms with Crippen LogP contribution in [0.3, 0.4) is 0 Å². The molecule has 1 fully saturated rings. The van der Waals surface area contributed by atoms with E-state index in [1.807, 2.05) is 49.9 Å². The molecule has 0 spiro atoms. The molecule has 38 heavy (non-hydrogen) atoms. The van der Waals surface area contributed by atoms with E-state index in [0.717, 1.165) is 35.7 Å². The summed E-state index contributed by atoms with van der Waals surface area (Å²) >= 11 is 1.37. The van der Waals surface area contributed by atoms with Crippen LogP contribution < -0.4 is 11.1 Å². The third-order valence-corrected chi connectivity index (χ3v) is 6.31. The highest BCUT2D eigenvalue weighted by atomic mass is 32.2. The van der Waals surface area contributed by atoms with E-state index in [2.05, 4.69) is 10.2 Å². The topological polar surface area (TPSA) is 104 Å². The van der Waals surface area contributed by atoms with E-state index in [-0.39, 0.29) is 23.5 Å². The predicted molar refractivity (Wildman–Crippen MR) is 147 cm³/mol. The largest absolute Gasteiger partial charge is 0.486 e. The zero-order chi connectivity index (χ0) is 27.7. The minimum absolute atomic E-state index is 0.0351. The van der Waals surface area contributed by atoms with Gasteiger partial charge in [0.2, 0.25) is 5.76 Å². The summed E-state index contributed by atoms with van der Waals surface area (Å²) in [7, 11) is 0. The molecule has 0 unspecified atom stereocenters. The van der Waals surface area contributed by atoms with E-state index in [9.17, 15) is 13.6 Å². The molecule has 0 bridgehead atoms. The number of carbonyl (C=O) groups excluding carboxylic acids is 1. The van der Waals surface area contributed by atoms with Crippen LogP contribution in [0.25, 0.3) is 0 Å². The van der Waals surface area contributed by atoms with Crippen LogP contribution in [0.2, 0.25) is 0 Å². The number of carbonyl (C=O) groups is 1. The maximum absolute atomic E-state index is 13.6. The number of ether oxygens (including phenoxy) is 1. The maximum atomic E-state index is 13.6.